The number of halogens is 1. The van der Waals surface area contributed by atoms with Gasteiger partial charge in [-0.3, -0.25) is 24.2 Å². The van der Waals surface area contributed by atoms with Crippen molar-refractivity contribution < 1.29 is 18.8 Å². The lowest BCUT2D eigenvalue weighted by Crippen LogP contribution is -2.51. The van der Waals surface area contributed by atoms with Gasteiger partial charge in [-0.05, 0) is 42.7 Å². The highest BCUT2D eigenvalue weighted by Gasteiger charge is 2.48. The molecule has 1 aromatic carbocycles. The lowest BCUT2D eigenvalue weighted by molar-refractivity contribution is -0.147. The van der Waals surface area contributed by atoms with E-state index in [4.69, 9.17) is 0 Å². The number of imide groups is 1. The Kier molecular flexibility index (Phi) is 6.29. The Hall–Kier alpha value is -2.58. The largest absolute Gasteiger partial charge is 0.339 e. The van der Waals surface area contributed by atoms with E-state index in [9.17, 15) is 18.8 Å². The predicted molar refractivity (Wildman–Crippen MR) is 124 cm³/mol. The highest BCUT2D eigenvalue weighted by Crippen LogP contribution is 2.38. The van der Waals surface area contributed by atoms with Gasteiger partial charge in [0.15, 0.2) is 0 Å². The normalized spacial score (nSPS) is 23.8. The molecule has 2 saturated heterocycles. The number of fused-ring (bicyclic) bond motifs is 1. The summed E-state index contributed by atoms with van der Waals surface area (Å²) in [6, 6.07) is 10.7. The molecule has 3 aliphatic rings. The minimum Gasteiger partial charge on any atom is -0.339 e. The van der Waals surface area contributed by atoms with Crippen LogP contribution in [0.2, 0.25) is 0 Å². The molecule has 0 unspecified atom stereocenters. The van der Waals surface area contributed by atoms with Crippen LogP contribution in [0.4, 0.5) is 4.39 Å². The van der Waals surface area contributed by atoms with Gasteiger partial charge in [0.2, 0.25) is 17.7 Å². The number of thiophene rings is 1. The molecule has 33 heavy (non-hydrogen) atoms. The molecular formula is C25H28FN3O3S. The highest BCUT2D eigenvalue weighted by molar-refractivity contribution is 7.15. The molecule has 1 saturated carbocycles. The van der Waals surface area contributed by atoms with Crippen LogP contribution in [0.15, 0.2) is 36.4 Å². The number of benzene rings is 1. The van der Waals surface area contributed by atoms with Gasteiger partial charge in [0.1, 0.15) is 12.4 Å². The second-order valence-corrected chi connectivity index (χ2v) is 10.4. The van der Waals surface area contributed by atoms with Crippen molar-refractivity contribution in [1.82, 2.24) is 14.7 Å². The molecule has 0 radical (unpaired) electrons. The first kappa shape index (κ1) is 22.2. The number of amides is 3. The molecule has 2 aliphatic heterocycles. The maximum atomic E-state index is 13.5. The van der Waals surface area contributed by atoms with Gasteiger partial charge in [-0.25, -0.2) is 4.39 Å². The summed E-state index contributed by atoms with van der Waals surface area (Å²) in [6.07, 6.45) is 3.50. The van der Waals surface area contributed by atoms with E-state index < -0.39 is 0 Å². The van der Waals surface area contributed by atoms with Crippen LogP contribution in [0.25, 0.3) is 10.4 Å². The first-order valence-electron chi connectivity index (χ1n) is 11.7. The van der Waals surface area contributed by atoms with E-state index in [1.165, 1.54) is 15.8 Å². The minimum atomic E-state index is -0.237. The summed E-state index contributed by atoms with van der Waals surface area (Å²) in [4.78, 5) is 45.7. The van der Waals surface area contributed by atoms with E-state index in [1.807, 2.05) is 12.1 Å². The predicted octanol–water partition coefficient (Wildman–Crippen LogP) is 3.37. The van der Waals surface area contributed by atoms with Crippen LogP contribution >= 0.6 is 11.3 Å². The molecule has 1 aromatic heterocycles. The van der Waals surface area contributed by atoms with E-state index in [-0.39, 0.29) is 41.9 Å². The van der Waals surface area contributed by atoms with E-state index in [0.29, 0.717) is 13.1 Å². The van der Waals surface area contributed by atoms with Crippen LogP contribution in [0, 0.1) is 17.7 Å². The minimum absolute atomic E-state index is 0.118. The molecule has 0 N–H and O–H groups in total. The molecule has 3 heterocycles. The Morgan fingerprint density at radius 2 is 1.67 bits per heavy atom. The fraction of sp³-hybridized carbons (Fsp3) is 0.480. The number of nitrogens with zero attached hydrogens (tertiary/aromatic N) is 3. The van der Waals surface area contributed by atoms with E-state index in [0.717, 1.165) is 55.8 Å². The van der Waals surface area contributed by atoms with Gasteiger partial charge in [-0.2, -0.15) is 0 Å². The van der Waals surface area contributed by atoms with E-state index in [1.54, 1.807) is 28.4 Å². The average molecular weight is 470 g/mol. The van der Waals surface area contributed by atoms with Crippen molar-refractivity contribution in [2.45, 2.75) is 32.2 Å². The molecule has 1 aliphatic carbocycles. The maximum Gasteiger partial charge on any atom is 0.242 e. The number of carbonyl (C=O) groups is 3. The third-order valence-corrected chi connectivity index (χ3v) is 8.22. The lowest BCUT2D eigenvalue weighted by atomic mass is 9.81. The summed E-state index contributed by atoms with van der Waals surface area (Å²) in [5.74, 6) is -1.09. The van der Waals surface area contributed by atoms with Gasteiger partial charge in [0.05, 0.1) is 11.8 Å². The summed E-state index contributed by atoms with van der Waals surface area (Å²) in [7, 11) is 0. The van der Waals surface area contributed by atoms with Crippen LogP contribution < -0.4 is 0 Å². The van der Waals surface area contributed by atoms with Crippen molar-refractivity contribution >= 4 is 29.1 Å². The number of hydrogen-bond donors (Lipinski definition) is 0. The quantitative estimate of drug-likeness (QED) is 0.630. The zero-order chi connectivity index (χ0) is 22.9. The first-order valence-corrected chi connectivity index (χ1v) is 12.5. The van der Waals surface area contributed by atoms with Crippen LogP contribution in [0.1, 0.15) is 30.6 Å². The molecule has 174 valence electrons. The molecule has 0 bridgehead atoms. The monoisotopic (exact) mass is 469 g/mol. The fourth-order valence-electron chi connectivity index (χ4n) is 5.26. The lowest BCUT2D eigenvalue weighted by Gasteiger charge is -2.35. The SMILES string of the molecule is O=C(CN1C(=O)[C@H]2CCCC[C@H]2C1=O)N1CCN(Cc2ccc(-c3cccc(F)c3)s2)CC1. The van der Waals surface area contributed by atoms with Gasteiger partial charge in [-0.15, -0.1) is 11.3 Å². The Bertz CT molecular complexity index is 1040. The molecule has 6 nitrogen and oxygen atoms in total. The van der Waals surface area contributed by atoms with Gasteiger partial charge >= 0.3 is 0 Å². The van der Waals surface area contributed by atoms with Crippen molar-refractivity contribution in [3.8, 4) is 10.4 Å². The smallest absolute Gasteiger partial charge is 0.242 e. The molecular weight excluding hydrogens is 441 g/mol. The molecule has 3 fully saturated rings. The average Bonchev–Trinajstić information content (AvgIpc) is 3.39. The van der Waals surface area contributed by atoms with Gasteiger partial charge in [-0.1, -0.05) is 25.0 Å². The number of piperazine rings is 1. The molecule has 2 atom stereocenters. The van der Waals surface area contributed by atoms with Crippen LogP contribution in [-0.4, -0.2) is 65.1 Å². The Morgan fingerprint density at radius 3 is 2.33 bits per heavy atom. The fourth-order valence-corrected chi connectivity index (χ4v) is 6.30. The maximum absolute atomic E-state index is 13.5. The van der Waals surface area contributed by atoms with Gasteiger partial charge < -0.3 is 4.90 Å². The number of rotatable bonds is 5. The number of carbonyl (C=O) groups excluding carboxylic acids is 3. The van der Waals surface area contributed by atoms with Gasteiger partial charge in [0.25, 0.3) is 0 Å². The second kappa shape index (κ2) is 9.35. The van der Waals surface area contributed by atoms with Crippen LogP contribution in [0.3, 0.4) is 0 Å². The van der Waals surface area contributed by atoms with Crippen molar-refractivity contribution in [1.29, 1.82) is 0 Å². The zero-order valence-corrected chi connectivity index (χ0v) is 19.4. The Labute approximate surface area is 197 Å². The van der Waals surface area contributed by atoms with E-state index >= 15 is 0 Å². The highest BCUT2D eigenvalue weighted by atomic mass is 32.1. The number of hydrogen-bond acceptors (Lipinski definition) is 5. The standard InChI is InChI=1S/C25H28FN3O3S/c26-18-5-3-4-17(14-18)22-9-8-19(33-22)15-27-10-12-28(13-11-27)23(30)16-29-24(31)20-6-1-2-7-21(20)25(29)32/h3-5,8-9,14,20-21H,1-2,6-7,10-13,15-16H2/t20-,21+. The summed E-state index contributed by atoms with van der Waals surface area (Å²) >= 11 is 1.66. The molecule has 0 spiro atoms. The summed E-state index contributed by atoms with van der Waals surface area (Å²) in [5.41, 5.74) is 0.882. The molecule has 5 rings (SSSR count). The van der Waals surface area contributed by atoms with Crippen molar-refractivity contribution in [3.05, 3.63) is 47.1 Å². The van der Waals surface area contributed by atoms with Crippen molar-refractivity contribution in [2.75, 3.05) is 32.7 Å². The molecule has 3 amide bonds. The van der Waals surface area contributed by atoms with Crippen molar-refractivity contribution in [3.63, 3.8) is 0 Å². The van der Waals surface area contributed by atoms with E-state index in [2.05, 4.69) is 11.0 Å². The summed E-state index contributed by atoms with van der Waals surface area (Å²) in [5, 5.41) is 0. The van der Waals surface area contributed by atoms with Gasteiger partial charge in [0, 0.05) is 42.5 Å². The Balaban J connectivity index is 1.13. The topological polar surface area (TPSA) is 60.9 Å². The first-order chi connectivity index (χ1) is 16.0. The Morgan fingerprint density at radius 1 is 0.970 bits per heavy atom. The third kappa shape index (κ3) is 4.59. The summed E-state index contributed by atoms with van der Waals surface area (Å²) in [6.45, 7) is 3.33. The van der Waals surface area contributed by atoms with Crippen molar-refractivity contribution in [2.24, 2.45) is 11.8 Å². The summed E-state index contributed by atoms with van der Waals surface area (Å²) < 4.78 is 13.5. The number of likely N-dealkylation sites (tertiary alicyclic amines) is 1. The zero-order valence-electron chi connectivity index (χ0n) is 18.5. The second-order valence-electron chi connectivity index (χ2n) is 9.19. The molecule has 2 aromatic rings. The van der Waals surface area contributed by atoms with Crippen LogP contribution in [0.5, 0.6) is 0 Å². The molecule has 8 heteroatoms. The third-order valence-electron chi connectivity index (χ3n) is 7.10. The van der Waals surface area contributed by atoms with Crippen LogP contribution in [-0.2, 0) is 20.9 Å².